The van der Waals surface area contributed by atoms with Gasteiger partial charge in [-0.1, -0.05) is 12.1 Å². The highest BCUT2D eigenvalue weighted by Gasteiger charge is 2.39. The van der Waals surface area contributed by atoms with Crippen molar-refractivity contribution in [2.24, 2.45) is 0 Å². The van der Waals surface area contributed by atoms with E-state index in [1.165, 1.54) is 21.9 Å². The van der Waals surface area contributed by atoms with Crippen molar-refractivity contribution < 1.29 is 32.1 Å². The number of hydrogen-bond acceptors (Lipinski definition) is 6. The van der Waals surface area contributed by atoms with Crippen LogP contribution in [0.2, 0.25) is 0 Å². The minimum absolute atomic E-state index is 0.0295. The second kappa shape index (κ2) is 9.93. The molecule has 7 nitrogen and oxygen atoms in total. The van der Waals surface area contributed by atoms with Crippen molar-refractivity contribution in [2.45, 2.75) is 63.1 Å². The van der Waals surface area contributed by atoms with Gasteiger partial charge < -0.3 is 18.9 Å². The molecule has 2 aromatic heterocycles. The van der Waals surface area contributed by atoms with E-state index in [1.54, 1.807) is 20.4 Å². The summed E-state index contributed by atoms with van der Waals surface area (Å²) in [5, 5.41) is 4.52. The first-order valence-electron chi connectivity index (χ1n) is 11.8. The summed E-state index contributed by atoms with van der Waals surface area (Å²) in [4.78, 5) is 3.91. The van der Waals surface area contributed by atoms with Crippen LogP contribution < -0.4 is 0 Å². The zero-order valence-corrected chi connectivity index (χ0v) is 20.2. The number of ether oxygens (including phenoxy) is 4. The lowest BCUT2D eigenvalue weighted by Gasteiger charge is -2.39. The standard InChI is InChI=1S/C26H28F3N3O4/c1-15-22(33-2)13-23(34-3)25(35-15)36-20-11-16-4-5-17(10-18(16)12-20)21-8-9-32(31-21)24-7-6-19(14-30-24)26(27,28)29/h4-10,14-15,20,22-23,25H,11-13H2,1-3H3/t15-,20?,22+,23+,25-/m0/s1. The van der Waals surface area contributed by atoms with Gasteiger partial charge in [0, 0.05) is 38.6 Å². The Bertz CT molecular complexity index is 1200. The van der Waals surface area contributed by atoms with Crippen LogP contribution in [-0.4, -0.2) is 59.7 Å². The first kappa shape index (κ1) is 24.9. The van der Waals surface area contributed by atoms with Gasteiger partial charge in [0.05, 0.1) is 29.6 Å². The lowest BCUT2D eigenvalue weighted by molar-refractivity contribution is -0.281. The maximum atomic E-state index is 12.8. The molecule has 3 heterocycles. The van der Waals surface area contributed by atoms with Gasteiger partial charge in [-0.2, -0.15) is 18.3 Å². The maximum Gasteiger partial charge on any atom is 0.417 e. The molecule has 36 heavy (non-hydrogen) atoms. The molecular weight excluding hydrogens is 475 g/mol. The largest absolute Gasteiger partial charge is 0.417 e. The summed E-state index contributed by atoms with van der Waals surface area (Å²) >= 11 is 0. The molecule has 0 bridgehead atoms. The van der Waals surface area contributed by atoms with Crippen molar-refractivity contribution in [3.63, 3.8) is 0 Å². The van der Waals surface area contributed by atoms with Gasteiger partial charge in [-0.05, 0) is 55.2 Å². The Kier molecular flexibility index (Phi) is 6.86. The summed E-state index contributed by atoms with van der Waals surface area (Å²) < 4.78 is 63.4. The van der Waals surface area contributed by atoms with Crippen LogP contribution in [0.25, 0.3) is 17.1 Å². The predicted octanol–water partition coefficient (Wildman–Crippen LogP) is 4.60. The van der Waals surface area contributed by atoms with Crippen LogP contribution in [0.1, 0.15) is 30.0 Å². The zero-order chi connectivity index (χ0) is 25.4. The fraction of sp³-hybridized carbons (Fsp3) is 0.462. The smallest absolute Gasteiger partial charge is 0.379 e. The second-order valence-corrected chi connectivity index (χ2v) is 9.19. The molecule has 1 aliphatic heterocycles. The Morgan fingerprint density at radius 2 is 1.78 bits per heavy atom. The number of halogens is 3. The van der Waals surface area contributed by atoms with Crippen LogP contribution in [0, 0.1) is 0 Å². The number of alkyl halides is 3. The minimum Gasteiger partial charge on any atom is -0.379 e. The van der Waals surface area contributed by atoms with Gasteiger partial charge in [-0.3, -0.25) is 0 Å². The first-order valence-corrected chi connectivity index (χ1v) is 11.8. The van der Waals surface area contributed by atoms with E-state index in [0.29, 0.717) is 17.9 Å². The molecule has 5 atom stereocenters. The molecule has 1 unspecified atom stereocenters. The number of nitrogens with zero attached hydrogens (tertiary/aromatic N) is 3. The van der Waals surface area contributed by atoms with E-state index < -0.39 is 18.0 Å². The molecule has 10 heteroatoms. The fourth-order valence-electron chi connectivity index (χ4n) is 4.85. The summed E-state index contributed by atoms with van der Waals surface area (Å²) in [5.74, 6) is 0.314. The van der Waals surface area contributed by atoms with Crippen LogP contribution in [0.5, 0.6) is 0 Å². The molecule has 5 rings (SSSR count). The zero-order valence-electron chi connectivity index (χ0n) is 20.2. The van der Waals surface area contributed by atoms with E-state index in [0.717, 1.165) is 30.7 Å². The SMILES string of the molecule is CO[C@@H]1C[C@@H](OC)[C@H](C)O[C@H]1OC1Cc2ccc(-c3ccn(-c4ccc(C(F)(F)F)cn4)n3)cc2C1. The number of benzene rings is 1. The highest BCUT2D eigenvalue weighted by Crippen LogP contribution is 2.33. The van der Waals surface area contributed by atoms with Crippen molar-refractivity contribution in [2.75, 3.05) is 14.2 Å². The summed E-state index contributed by atoms with van der Waals surface area (Å²) in [6.07, 6.45) is -0.513. The number of methoxy groups -OCH3 is 2. The molecule has 1 aliphatic carbocycles. The lowest BCUT2D eigenvalue weighted by Crippen LogP contribution is -2.49. The van der Waals surface area contributed by atoms with Crippen molar-refractivity contribution >= 4 is 0 Å². The van der Waals surface area contributed by atoms with Crippen LogP contribution in [0.4, 0.5) is 13.2 Å². The first-order chi connectivity index (χ1) is 17.2. The van der Waals surface area contributed by atoms with Crippen LogP contribution in [0.15, 0.2) is 48.8 Å². The Morgan fingerprint density at radius 1 is 1.00 bits per heavy atom. The average molecular weight is 504 g/mol. The lowest BCUT2D eigenvalue weighted by atomic mass is 10.0. The van der Waals surface area contributed by atoms with Gasteiger partial charge in [0.15, 0.2) is 12.1 Å². The van der Waals surface area contributed by atoms with E-state index in [2.05, 4.69) is 22.2 Å². The van der Waals surface area contributed by atoms with E-state index in [-0.39, 0.29) is 24.4 Å². The summed E-state index contributed by atoms with van der Waals surface area (Å²) in [6, 6.07) is 10.3. The van der Waals surface area contributed by atoms with E-state index >= 15 is 0 Å². The predicted molar refractivity (Wildman–Crippen MR) is 125 cm³/mol. The molecule has 192 valence electrons. The fourth-order valence-corrected chi connectivity index (χ4v) is 4.85. The Labute approximate surface area is 207 Å². The summed E-state index contributed by atoms with van der Waals surface area (Å²) in [6.45, 7) is 1.98. The van der Waals surface area contributed by atoms with Crippen LogP contribution >= 0.6 is 0 Å². The molecule has 1 saturated heterocycles. The molecule has 1 fully saturated rings. The Morgan fingerprint density at radius 3 is 2.47 bits per heavy atom. The van der Waals surface area contributed by atoms with Crippen molar-refractivity contribution in [3.05, 3.63) is 65.5 Å². The van der Waals surface area contributed by atoms with Crippen molar-refractivity contribution in [3.8, 4) is 17.1 Å². The third kappa shape index (κ3) is 5.04. The normalized spacial score (nSPS) is 26.2. The third-order valence-corrected chi connectivity index (χ3v) is 6.87. The van der Waals surface area contributed by atoms with Crippen LogP contribution in [0.3, 0.4) is 0 Å². The molecule has 0 amide bonds. The number of hydrogen-bond donors (Lipinski definition) is 0. The summed E-state index contributed by atoms with van der Waals surface area (Å²) in [5.41, 5.74) is 3.21. The number of rotatable bonds is 6. The maximum absolute atomic E-state index is 12.8. The van der Waals surface area contributed by atoms with Gasteiger partial charge in [0.1, 0.15) is 6.10 Å². The topological polar surface area (TPSA) is 67.6 Å². The molecule has 2 aliphatic rings. The van der Waals surface area contributed by atoms with Gasteiger partial charge in [-0.15, -0.1) is 0 Å². The van der Waals surface area contributed by atoms with Crippen molar-refractivity contribution in [1.82, 2.24) is 14.8 Å². The second-order valence-electron chi connectivity index (χ2n) is 9.19. The Hall–Kier alpha value is -2.79. The quantitative estimate of drug-likeness (QED) is 0.490. The molecule has 0 N–H and O–H groups in total. The average Bonchev–Trinajstić information content (AvgIpc) is 3.50. The Balaban J connectivity index is 1.26. The van der Waals surface area contributed by atoms with Gasteiger partial charge >= 0.3 is 6.18 Å². The van der Waals surface area contributed by atoms with Gasteiger partial charge in [-0.25, -0.2) is 9.67 Å². The van der Waals surface area contributed by atoms with Crippen molar-refractivity contribution in [1.29, 1.82) is 0 Å². The van der Waals surface area contributed by atoms with E-state index in [9.17, 15) is 13.2 Å². The monoisotopic (exact) mass is 503 g/mol. The molecular formula is C26H28F3N3O4. The summed E-state index contributed by atoms with van der Waals surface area (Å²) in [7, 11) is 3.33. The highest BCUT2D eigenvalue weighted by atomic mass is 19.4. The molecule has 0 saturated carbocycles. The van der Waals surface area contributed by atoms with Gasteiger partial charge in [0.2, 0.25) is 0 Å². The molecule has 0 spiro atoms. The molecule has 1 aromatic carbocycles. The minimum atomic E-state index is -4.43. The molecule has 0 radical (unpaired) electrons. The van der Waals surface area contributed by atoms with E-state index in [4.69, 9.17) is 18.9 Å². The number of pyridine rings is 1. The number of fused-ring (bicyclic) bond motifs is 1. The van der Waals surface area contributed by atoms with Gasteiger partial charge in [0.25, 0.3) is 0 Å². The number of aromatic nitrogens is 3. The third-order valence-electron chi connectivity index (χ3n) is 6.87. The van der Waals surface area contributed by atoms with E-state index in [1.807, 2.05) is 19.1 Å². The molecule has 3 aromatic rings. The van der Waals surface area contributed by atoms with Crippen LogP contribution in [-0.2, 0) is 38.0 Å². The highest BCUT2D eigenvalue weighted by molar-refractivity contribution is 5.61.